The molecular formula is C18H18BrN. The van der Waals surface area contributed by atoms with E-state index in [1.165, 1.54) is 22.3 Å². The van der Waals surface area contributed by atoms with Crippen LogP contribution in [-0.4, -0.2) is 0 Å². The first-order valence-electron chi connectivity index (χ1n) is 6.73. The van der Waals surface area contributed by atoms with Gasteiger partial charge in [0.2, 0.25) is 0 Å². The summed E-state index contributed by atoms with van der Waals surface area (Å²) >= 11 is 3.43. The molecule has 2 rings (SSSR count). The lowest BCUT2D eigenvalue weighted by molar-refractivity contribution is 0.836. The largest absolute Gasteiger partial charge is 0.198 e. The van der Waals surface area contributed by atoms with E-state index in [-0.39, 0.29) is 5.92 Å². The molecule has 1 nitrogen and oxygen atoms in total. The summed E-state index contributed by atoms with van der Waals surface area (Å²) in [4.78, 5) is 0. The molecule has 0 spiro atoms. The molecule has 20 heavy (non-hydrogen) atoms. The first kappa shape index (κ1) is 14.8. The first-order valence-corrected chi connectivity index (χ1v) is 7.52. The molecular weight excluding hydrogens is 310 g/mol. The van der Waals surface area contributed by atoms with E-state index < -0.39 is 0 Å². The number of hydrogen-bond acceptors (Lipinski definition) is 1. The molecule has 0 fully saturated rings. The van der Waals surface area contributed by atoms with Gasteiger partial charge in [0.25, 0.3) is 0 Å². The van der Waals surface area contributed by atoms with Crippen LogP contribution in [0.25, 0.3) is 0 Å². The van der Waals surface area contributed by atoms with Crippen molar-refractivity contribution < 1.29 is 0 Å². The van der Waals surface area contributed by atoms with Gasteiger partial charge in [-0.25, -0.2) is 0 Å². The number of aryl methyl sites for hydroxylation is 3. The zero-order valence-electron chi connectivity index (χ0n) is 12.1. The van der Waals surface area contributed by atoms with Crippen LogP contribution in [0.3, 0.4) is 0 Å². The fraction of sp³-hybridized carbons (Fsp3) is 0.278. The smallest absolute Gasteiger partial charge is 0.0753 e. The summed E-state index contributed by atoms with van der Waals surface area (Å²) < 4.78 is 1.04. The highest BCUT2D eigenvalue weighted by Gasteiger charge is 2.14. The molecule has 0 aliphatic heterocycles. The standard InChI is InChI=1S/C18H18BrN/c1-12-8-13(2)18(14(3)9-12)10-16(11-20)15-4-6-17(19)7-5-15/h4-9,16H,10H2,1-3H3. The van der Waals surface area contributed by atoms with Crippen LogP contribution in [-0.2, 0) is 6.42 Å². The third-order valence-electron chi connectivity index (χ3n) is 3.68. The molecule has 0 saturated heterocycles. The van der Waals surface area contributed by atoms with Crippen LogP contribution >= 0.6 is 15.9 Å². The lowest BCUT2D eigenvalue weighted by Crippen LogP contribution is -2.04. The van der Waals surface area contributed by atoms with Gasteiger partial charge in [-0.3, -0.25) is 0 Å². The van der Waals surface area contributed by atoms with Gasteiger partial charge in [0.15, 0.2) is 0 Å². The fourth-order valence-electron chi connectivity index (χ4n) is 2.67. The predicted octanol–water partition coefficient (Wildman–Crippen LogP) is 5.22. The van der Waals surface area contributed by atoms with Gasteiger partial charge in [-0.2, -0.15) is 5.26 Å². The highest BCUT2D eigenvalue weighted by Crippen LogP contribution is 2.26. The Bertz CT molecular complexity index is 627. The van der Waals surface area contributed by atoms with Crippen LogP contribution in [0, 0.1) is 32.1 Å². The van der Waals surface area contributed by atoms with E-state index in [2.05, 4.69) is 54.9 Å². The van der Waals surface area contributed by atoms with Crippen molar-refractivity contribution >= 4 is 15.9 Å². The Morgan fingerprint density at radius 3 is 2.10 bits per heavy atom. The molecule has 2 heteroatoms. The molecule has 1 unspecified atom stereocenters. The van der Waals surface area contributed by atoms with E-state index in [4.69, 9.17) is 0 Å². The van der Waals surface area contributed by atoms with Crippen LogP contribution in [0.4, 0.5) is 0 Å². The highest BCUT2D eigenvalue weighted by atomic mass is 79.9. The minimum atomic E-state index is -0.0943. The van der Waals surface area contributed by atoms with E-state index in [0.29, 0.717) is 0 Å². The van der Waals surface area contributed by atoms with Crippen LogP contribution in [0.15, 0.2) is 40.9 Å². The third kappa shape index (κ3) is 3.29. The minimum absolute atomic E-state index is 0.0943. The normalized spacial score (nSPS) is 11.9. The van der Waals surface area contributed by atoms with E-state index >= 15 is 0 Å². The molecule has 0 saturated carbocycles. The summed E-state index contributed by atoms with van der Waals surface area (Å²) in [7, 11) is 0. The Labute approximate surface area is 129 Å². The van der Waals surface area contributed by atoms with Crippen molar-refractivity contribution in [3.05, 3.63) is 68.7 Å². The van der Waals surface area contributed by atoms with Gasteiger partial charge in [0.05, 0.1) is 12.0 Å². The summed E-state index contributed by atoms with van der Waals surface area (Å²) in [5, 5.41) is 9.48. The van der Waals surface area contributed by atoms with Crippen molar-refractivity contribution in [2.45, 2.75) is 33.1 Å². The van der Waals surface area contributed by atoms with Gasteiger partial charge >= 0.3 is 0 Å². The highest BCUT2D eigenvalue weighted by molar-refractivity contribution is 9.10. The second kappa shape index (κ2) is 6.24. The van der Waals surface area contributed by atoms with Gasteiger partial charge in [0.1, 0.15) is 0 Å². The van der Waals surface area contributed by atoms with Crippen LogP contribution in [0.2, 0.25) is 0 Å². The summed E-state index contributed by atoms with van der Waals surface area (Å²) in [5.41, 5.74) is 6.21. The third-order valence-corrected chi connectivity index (χ3v) is 4.21. The molecule has 0 aromatic heterocycles. The maximum Gasteiger partial charge on any atom is 0.0753 e. The molecule has 102 valence electrons. The molecule has 0 N–H and O–H groups in total. The number of benzene rings is 2. The Balaban J connectivity index is 2.32. The fourth-order valence-corrected chi connectivity index (χ4v) is 2.93. The number of hydrogen-bond donors (Lipinski definition) is 0. The van der Waals surface area contributed by atoms with Gasteiger partial charge in [-0.15, -0.1) is 0 Å². The molecule has 0 amide bonds. The summed E-state index contributed by atoms with van der Waals surface area (Å²) in [5.74, 6) is -0.0943. The topological polar surface area (TPSA) is 23.8 Å². The number of nitrogens with zero attached hydrogens (tertiary/aromatic N) is 1. The summed E-state index contributed by atoms with van der Waals surface area (Å²) in [6.07, 6.45) is 0.774. The van der Waals surface area contributed by atoms with Gasteiger partial charge < -0.3 is 0 Å². The molecule has 2 aromatic carbocycles. The molecule has 0 bridgehead atoms. The Morgan fingerprint density at radius 1 is 1.05 bits per heavy atom. The second-order valence-corrected chi connectivity index (χ2v) is 6.23. The zero-order valence-corrected chi connectivity index (χ0v) is 13.7. The van der Waals surface area contributed by atoms with Crippen molar-refractivity contribution in [2.75, 3.05) is 0 Å². The molecule has 0 radical (unpaired) electrons. The average molecular weight is 328 g/mol. The molecule has 0 heterocycles. The second-order valence-electron chi connectivity index (χ2n) is 5.31. The van der Waals surface area contributed by atoms with Crippen LogP contribution < -0.4 is 0 Å². The van der Waals surface area contributed by atoms with E-state index in [1.807, 2.05) is 24.3 Å². The average Bonchev–Trinajstić information content (AvgIpc) is 2.39. The van der Waals surface area contributed by atoms with Crippen LogP contribution in [0.1, 0.15) is 33.7 Å². The monoisotopic (exact) mass is 327 g/mol. The maximum atomic E-state index is 9.48. The zero-order chi connectivity index (χ0) is 14.7. The lowest BCUT2D eigenvalue weighted by atomic mass is 9.88. The molecule has 1 atom stereocenters. The Hall–Kier alpha value is -1.59. The van der Waals surface area contributed by atoms with Crippen molar-refractivity contribution in [1.82, 2.24) is 0 Å². The Kier molecular flexibility index (Phi) is 4.62. The minimum Gasteiger partial charge on any atom is -0.198 e. The lowest BCUT2D eigenvalue weighted by Gasteiger charge is -2.15. The molecule has 2 aromatic rings. The SMILES string of the molecule is Cc1cc(C)c(CC(C#N)c2ccc(Br)cc2)c(C)c1. The van der Waals surface area contributed by atoms with Crippen molar-refractivity contribution in [2.24, 2.45) is 0 Å². The van der Waals surface area contributed by atoms with Crippen LogP contribution in [0.5, 0.6) is 0 Å². The summed E-state index contributed by atoms with van der Waals surface area (Å²) in [6.45, 7) is 6.37. The van der Waals surface area contributed by atoms with Gasteiger partial charge in [-0.1, -0.05) is 45.8 Å². The Morgan fingerprint density at radius 2 is 1.60 bits per heavy atom. The molecule has 0 aliphatic rings. The molecule has 0 aliphatic carbocycles. The quantitative estimate of drug-likeness (QED) is 0.757. The van der Waals surface area contributed by atoms with Gasteiger partial charge in [-0.05, 0) is 61.6 Å². The summed E-state index contributed by atoms with van der Waals surface area (Å²) in [6, 6.07) is 14.9. The van der Waals surface area contributed by atoms with E-state index in [9.17, 15) is 5.26 Å². The van der Waals surface area contributed by atoms with Crippen molar-refractivity contribution in [1.29, 1.82) is 5.26 Å². The number of halogens is 1. The number of rotatable bonds is 3. The first-order chi connectivity index (χ1) is 9.51. The maximum absolute atomic E-state index is 9.48. The predicted molar refractivity (Wildman–Crippen MR) is 86.9 cm³/mol. The van der Waals surface area contributed by atoms with Crippen molar-refractivity contribution in [3.8, 4) is 6.07 Å². The van der Waals surface area contributed by atoms with Crippen molar-refractivity contribution in [3.63, 3.8) is 0 Å². The van der Waals surface area contributed by atoms with E-state index in [0.717, 1.165) is 16.5 Å². The number of nitriles is 1. The van der Waals surface area contributed by atoms with Gasteiger partial charge in [0, 0.05) is 4.47 Å². The van der Waals surface area contributed by atoms with E-state index in [1.54, 1.807) is 0 Å².